The molecular formula is C17H23N5O2. The molecule has 3 N–H and O–H groups in total. The second-order valence-electron chi connectivity index (χ2n) is 5.40. The first-order chi connectivity index (χ1) is 11.6. The van der Waals surface area contributed by atoms with Gasteiger partial charge >= 0.3 is 6.03 Å². The molecule has 1 atom stereocenters. The lowest BCUT2D eigenvalue weighted by Gasteiger charge is -2.16. The molecule has 7 heteroatoms. The van der Waals surface area contributed by atoms with Gasteiger partial charge in [-0.2, -0.15) is 0 Å². The van der Waals surface area contributed by atoms with E-state index in [9.17, 15) is 4.79 Å². The Morgan fingerprint density at radius 3 is 2.83 bits per heavy atom. The van der Waals surface area contributed by atoms with Crippen LogP contribution in [0.3, 0.4) is 0 Å². The molecule has 0 aliphatic carbocycles. The molecule has 1 heterocycles. The fourth-order valence-corrected chi connectivity index (χ4v) is 2.01. The summed E-state index contributed by atoms with van der Waals surface area (Å²) in [6.07, 6.45) is 4.85. The van der Waals surface area contributed by atoms with Gasteiger partial charge in [-0.15, -0.1) is 0 Å². The van der Waals surface area contributed by atoms with Crippen LogP contribution in [0, 0.1) is 6.92 Å². The predicted octanol–water partition coefficient (Wildman–Crippen LogP) is 1.96. The smallest absolute Gasteiger partial charge is 0.315 e. The third-order valence-electron chi connectivity index (χ3n) is 3.24. The Morgan fingerprint density at radius 1 is 1.25 bits per heavy atom. The number of carbonyl (C=O) groups excluding carboxylic acids is 1. The van der Waals surface area contributed by atoms with Crippen LogP contribution in [0.15, 0.2) is 42.9 Å². The van der Waals surface area contributed by atoms with Crippen molar-refractivity contribution in [2.45, 2.75) is 19.9 Å². The van der Waals surface area contributed by atoms with Gasteiger partial charge in [-0.1, -0.05) is 18.2 Å². The predicted molar refractivity (Wildman–Crippen MR) is 93.2 cm³/mol. The molecule has 0 aliphatic rings. The Hall–Kier alpha value is -2.83. The monoisotopic (exact) mass is 329 g/mol. The van der Waals surface area contributed by atoms with Gasteiger partial charge in [-0.05, 0) is 25.5 Å². The molecule has 1 aromatic heterocycles. The molecule has 128 valence electrons. The average Bonchev–Trinajstić information content (AvgIpc) is 2.59. The molecule has 0 radical (unpaired) electrons. The van der Waals surface area contributed by atoms with E-state index in [0.717, 1.165) is 11.3 Å². The van der Waals surface area contributed by atoms with Crippen LogP contribution >= 0.6 is 0 Å². The number of amides is 2. The molecule has 0 bridgehead atoms. The molecule has 24 heavy (non-hydrogen) atoms. The zero-order valence-electron chi connectivity index (χ0n) is 14.0. The highest BCUT2D eigenvalue weighted by Gasteiger charge is 2.08. The van der Waals surface area contributed by atoms with E-state index < -0.39 is 0 Å². The summed E-state index contributed by atoms with van der Waals surface area (Å²) >= 11 is 0. The number of hydrogen-bond donors (Lipinski definition) is 3. The highest BCUT2D eigenvalue weighted by atomic mass is 16.5. The van der Waals surface area contributed by atoms with Crippen molar-refractivity contribution < 1.29 is 9.53 Å². The lowest BCUT2D eigenvalue weighted by Crippen LogP contribution is -2.44. The van der Waals surface area contributed by atoms with Crippen LogP contribution in [0.5, 0.6) is 5.75 Å². The van der Waals surface area contributed by atoms with Crippen molar-refractivity contribution in [3.8, 4) is 5.75 Å². The minimum atomic E-state index is -0.225. The fourth-order valence-electron chi connectivity index (χ4n) is 2.01. The number of aromatic nitrogens is 2. The Balaban J connectivity index is 1.60. The lowest BCUT2D eigenvalue weighted by molar-refractivity contribution is 0.226. The summed E-state index contributed by atoms with van der Waals surface area (Å²) in [6, 6.07) is 7.48. The molecule has 2 aromatic rings. The summed E-state index contributed by atoms with van der Waals surface area (Å²) in [7, 11) is 0. The van der Waals surface area contributed by atoms with Crippen molar-refractivity contribution in [2.75, 3.05) is 25.0 Å². The second-order valence-corrected chi connectivity index (χ2v) is 5.40. The van der Waals surface area contributed by atoms with Crippen molar-refractivity contribution in [1.82, 2.24) is 20.6 Å². The third kappa shape index (κ3) is 6.12. The van der Waals surface area contributed by atoms with Crippen LogP contribution in [-0.4, -0.2) is 41.7 Å². The van der Waals surface area contributed by atoms with Gasteiger partial charge in [0.2, 0.25) is 0 Å². The van der Waals surface area contributed by atoms with E-state index in [-0.39, 0.29) is 12.1 Å². The van der Waals surface area contributed by atoms with Crippen molar-refractivity contribution in [2.24, 2.45) is 0 Å². The van der Waals surface area contributed by atoms with Gasteiger partial charge in [-0.3, -0.25) is 4.98 Å². The standard InChI is InChI=1S/C17H23N5O2/c1-13-5-3-4-6-15(13)24-12-14(2)22-17(23)21-10-9-20-16-11-18-7-8-19-16/h3-8,11,14H,9-10,12H2,1-2H3,(H,19,20)(H2,21,22,23)/t14-/m0/s1. The van der Waals surface area contributed by atoms with Crippen molar-refractivity contribution >= 4 is 11.8 Å². The molecule has 0 spiro atoms. The van der Waals surface area contributed by atoms with Crippen molar-refractivity contribution in [1.29, 1.82) is 0 Å². The van der Waals surface area contributed by atoms with E-state index in [0.29, 0.717) is 25.5 Å². The van der Waals surface area contributed by atoms with Gasteiger partial charge in [0.05, 0.1) is 12.2 Å². The first-order valence-electron chi connectivity index (χ1n) is 7.88. The minimum Gasteiger partial charge on any atom is -0.491 e. The Morgan fingerprint density at radius 2 is 2.08 bits per heavy atom. The first-order valence-corrected chi connectivity index (χ1v) is 7.88. The number of nitrogens with zero attached hydrogens (tertiary/aromatic N) is 2. The van der Waals surface area contributed by atoms with Gasteiger partial charge in [0, 0.05) is 25.5 Å². The number of para-hydroxylation sites is 1. The average molecular weight is 329 g/mol. The highest BCUT2D eigenvalue weighted by molar-refractivity contribution is 5.74. The zero-order valence-corrected chi connectivity index (χ0v) is 14.0. The summed E-state index contributed by atoms with van der Waals surface area (Å²) in [6.45, 7) is 5.35. The molecule has 0 saturated carbocycles. The maximum atomic E-state index is 11.8. The number of benzene rings is 1. The topological polar surface area (TPSA) is 88.2 Å². The molecule has 0 saturated heterocycles. The fraction of sp³-hybridized carbons (Fsp3) is 0.353. The quantitative estimate of drug-likeness (QED) is 0.644. The summed E-state index contributed by atoms with van der Waals surface area (Å²) in [5.74, 6) is 1.51. The number of anilines is 1. The number of carbonyl (C=O) groups is 1. The number of rotatable bonds is 8. The molecule has 1 aromatic carbocycles. The maximum absolute atomic E-state index is 11.8. The Labute approximate surface area is 141 Å². The van der Waals surface area contributed by atoms with E-state index in [4.69, 9.17) is 4.74 Å². The summed E-state index contributed by atoms with van der Waals surface area (Å²) in [4.78, 5) is 19.8. The van der Waals surface area contributed by atoms with Crippen LogP contribution < -0.4 is 20.7 Å². The van der Waals surface area contributed by atoms with Gasteiger partial charge in [-0.25, -0.2) is 9.78 Å². The maximum Gasteiger partial charge on any atom is 0.315 e. The van der Waals surface area contributed by atoms with E-state index in [1.165, 1.54) is 0 Å². The lowest BCUT2D eigenvalue weighted by atomic mass is 10.2. The van der Waals surface area contributed by atoms with Crippen LogP contribution in [0.1, 0.15) is 12.5 Å². The number of urea groups is 1. The van der Waals surface area contributed by atoms with Crippen LogP contribution in [0.4, 0.5) is 10.6 Å². The Bertz CT molecular complexity index is 636. The number of aryl methyl sites for hydroxylation is 1. The molecule has 0 fully saturated rings. The molecular weight excluding hydrogens is 306 g/mol. The summed E-state index contributed by atoms with van der Waals surface area (Å²) in [5.41, 5.74) is 1.07. The van der Waals surface area contributed by atoms with Gasteiger partial charge < -0.3 is 20.7 Å². The van der Waals surface area contributed by atoms with Crippen molar-refractivity contribution in [3.63, 3.8) is 0 Å². The summed E-state index contributed by atoms with van der Waals surface area (Å²) in [5, 5.41) is 8.68. The third-order valence-corrected chi connectivity index (χ3v) is 3.24. The van der Waals surface area contributed by atoms with Gasteiger partial charge in [0.15, 0.2) is 0 Å². The van der Waals surface area contributed by atoms with E-state index >= 15 is 0 Å². The van der Waals surface area contributed by atoms with Gasteiger partial charge in [0.1, 0.15) is 18.2 Å². The number of hydrogen-bond acceptors (Lipinski definition) is 5. The van der Waals surface area contributed by atoms with Crippen molar-refractivity contribution in [3.05, 3.63) is 48.4 Å². The van der Waals surface area contributed by atoms with E-state index in [1.54, 1.807) is 18.6 Å². The van der Waals surface area contributed by atoms with Gasteiger partial charge in [0.25, 0.3) is 0 Å². The summed E-state index contributed by atoms with van der Waals surface area (Å²) < 4.78 is 5.71. The highest BCUT2D eigenvalue weighted by Crippen LogP contribution is 2.16. The van der Waals surface area contributed by atoms with E-state index in [2.05, 4.69) is 25.9 Å². The second kappa shape index (κ2) is 9.34. The molecule has 0 aliphatic heterocycles. The zero-order chi connectivity index (χ0) is 17.2. The number of nitrogens with one attached hydrogen (secondary N) is 3. The van der Waals surface area contributed by atoms with Crippen LogP contribution in [-0.2, 0) is 0 Å². The molecule has 2 rings (SSSR count). The Kier molecular flexibility index (Phi) is 6.82. The van der Waals surface area contributed by atoms with Crippen LogP contribution in [0.25, 0.3) is 0 Å². The first kappa shape index (κ1) is 17.5. The molecule has 2 amide bonds. The SMILES string of the molecule is Cc1ccccc1OC[C@H](C)NC(=O)NCCNc1cnccn1. The number of ether oxygens (including phenoxy) is 1. The minimum absolute atomic E-state index is 0.0995. The largest absolute Gasteiger partial charge is 0.491 e. The van der Waals surface area contributed by atoms with Crippen LogP contribution in [0.2, 0.25) is 0 Å². The molecule has 7 nitrogen and oxygen atoms in total. The van der Waals surface area contributed by atoms with E-state index in [1.807, 2.05) is 38.1 Å². The molecule has 0 unspecified atom stereocenters. The normalized spacial score (nSPS) is 11.4.